The second-order valence-corrected chi connectivity index (χ2v) is 9.62. The minimum absolute atomic E-state index is 0.172. The van der Waals surface area contributed by atoms with Crippen molar-refractivity contribution < 1.29 is 8.78 Å². The number of piperidine rings is 1. The number of nitrogens with zero attached hydrogens (tertiary/aromatic N) is 2. The lowest BCUT2D eigenvalue weighted by molar-refractivity contribution is -0.00684. The highest BCUT2D eigenvalue weighted by Gasteiger charge is 2.55. The summed E-state index contributed by atoms with van der Waals surface area (Å²) in [5, 5.41) is 1.38. The summed E-state index contributed by atoms with van der Waals surface area (Å²) >= 11 is 13.5. The highest BCUT2D eigenvalue weighted by atomic mass is 35.5. The van der Waals surface area contributed by atoms with Gasteiger partial charge in [0.15, 0.2) is 5.82 Å². The van der Waals surface area contributed by atoms with Crippen LogP contribution in [0.15, 0.2) is 39.1 Å². The van der Waals surface area contributed by atoms with E-state index < -0.39 is 17.4 Å². The Bertz CT molecular complexity index is 979. The van der Waals surface area contributed by atoms with Crippen LogP contribution in [0.25, 0.3) is 0 Å². The summed E-state index contributed by atoms with van der Waals surface area (Å²) in [6, 6.07) is 4.76. The first-order chi connectivity index (χ1) is 13.7. The second-order valence-electron chi connectivity index (χ2n) is 7.75. The number of halogens is 4. The lowest BCUT2D eigenvalue weighted by atomic mass is 9.74. The SMILES string of the molecule is N[C@@H]1CC(F)(F)CC12CCN(c1ncc(Sc3cccc(Cl)c3Cl)[nH]c1=O)CC2. The van der Waals surface area contributed by atoms with E-state index in [0.29, 0.717) is 51.7 Å². The van der Waals surface area contributed by atoms with Gasteiger partial charge in [-0.2, -0.15) is 0 Å². The van der Waals surface area contributed by atoms with Crippen molar-refractivity contribution in [2.24, 2.45) is 11.1 Å². The molecule has 1 spiro atoms. The van der Waals surface area contributed by atoms with Crippen molar-refractivity contribution in [1.29, 1.82) is 0 Å². The molecule has 1 saturated carbocycles. The highest BCUT2D eigenvalue weighted by Crippen LogP contribution is 2.52. The fourth-order valence-corrected chi connectivity index (χ4v) is 5.61. The topological polar surface area (TPSA) is 75.0 Å². The van der Waals surface area contributed by atoms with Crippen molar-refractivity contribution in [3.05, 3.63) is 44.8 Å². The minimum atomic E-state index is -2.70. The number of anilines is 1. The van der Waals surface area contributed by atoms with Gasteiger partial charge in [0.1, 0.15) is 0 Å². The Balaban J connectivity index is 1.47. The van der Waals surface area contributed by atoms with Gasteiger partial charge in [0.25, 0.3) is 5.56 Å². The van der Waals surface area contributed by atoms with E-state index >= 15 is 0 Å². The summed E-state index contributed by atoms with van der Waals surface area (Å²) < 4.78 is 27.6. The molecule has 1 atom stereocenters. The highest BCUT2D eigenvalue weighted by molar-refractivity contribution is 7.99. The van der Waals surface area contributed by atoms with E-state index in [1.54, 1.807) is 24.4 Å². The normalized spacial score (nSPS) is 22.9. The van der Waals surface area contributed by atoms with Gasteiger partial charge in [-0.1, -0.05) is 41.0 Å². The Morgan fingerprint density at radius 1 is 1.28 bits per heavy atom. The summed E-state index contributed by atoms with van der Waals surface area (Å²) in [7, 11) is 0. The molecule has 29 heavy (non-hydrogen) atoms. The molecular formula is C19H20Cl2F2N4OS. The van der Waals surface area contributed by atoms with Gasteiger partial charge in [-0.3, -0.25) is 4.79 Å². The molecule has 5 nitrogen and oxygen atoms in total. The van der Waals surface area contributed by atoms with Crippen LogP contribution in [-0.2, 0) is 0 Å². The monoisotopic (exact) mass is 460 g/mol. The fraction of sp³-hybridized carbons (Fsp3) is 0.474. The van der Waals surface area contributed by atoms with Crippen molar-refractivity contribution in [2.75, 3.05) is 18.0 Å². The smallest absolute Gasteiger partial charge is 0.291 e. The van der Waals surface area contributed by atoms with Crippen LogP contribution in [0.5, 0.6) is 0 Å². The van der Waals surface area contributed by atoms with Crippen LogP contribution in [0.3, 0.4) is 0 Å². The van der Waals surface area contributed by atoms with E-state index in [1.807, 2.05) is 4.90 Å². The molecule has 2 aromatic rings. The van der Waals surface area contributed by atoms with E-state index in [0.717, 1.165) is 0 Å². The molecule has 0 radical (unpaired) electrons. The first-order valence-electron chi connectivity index (χ1n) is 9.29. The average Bonchev–Trinajstić information content (AvgIpc) is 2.88. The molecule has 2 fully saturated rings. The zero-order valence-corrected chi connectivity index (χ0v) is 17.8. The van der Waals surface area contributed by atoms with Crippen LogP contribution in [-0.4, -0.2) is 35.0 Å². The van der Waals surface area contributed by atoms with Crippen molar-refractivity contribution in [2.45, 2.75) is 47.6 Å². The maximum Gasteiger partial charge on any atom is 0.291 e. The van der Waals surface area contributed by atoms with Crippen molar-refractivity contribution in [3.8, 4) is 0 Å². The molecule has 1 saturated heterocycles. The molecule has 1 aromatic carbocycles. The van der Waals surface area contributed by atoms with Crippen LogP contribution in [0.2, 0.25) is 10.0 Å². The number of aromatic amines is 1. The van der Waals surface area contributed by atoms with Gasteiger partial charge in [0.2, 0.25) is 5.92 Å². The summed E-state index contributed by atoms with van der Waals surface area (Å²) in [6.07, 6.45) is 2.19. The number of hydrogen-bond donors (Lipinski definition) is 2. The molecule has 4 rings (SSSR count). The summed E-state index contributed by atoms with van der Waals surface area (Å²) in [4.78, 5) is 22.3. The molecule has 3 N–H and O–H groups in total. The number of H-pyrrole nitrogens is 1. The number of nitrogens with two attached hydrogens (primary N) is 1. The Labute approximate surface area is 181 Å². The first kappa shape index (κ1) is 20.9. The van der Waals surface area contributed by atoms with Gasteiger partial charge in [0, 0.05) is 36.9 Å². The van der Waals surface area contributed by atoms with E-state index in [1.165, 1.54) is 11.8 Å². The van der Waals surface area contributed by atoms with Gasteiger partial charge in [-0.25, -0.2) is 13.8 Å². The zero-order chi connectivity index (χ0) is 20.8. The number of hydrogen-bond acceptors (Lipinski definition) is 5. The van der Waals surface area contributed by atoms with Gasteiger partial charge >= 0.3 is 0 Å². The van der Waals surface area contributed by atoms with E-state index in [2.05, 4.69) is 9.97 Å². The first-order valence-corrected chi connectivity index (χ1v) is 10.9. The minimum Gasteiger partial charge on any atom is -0.352 e. The lowest BCUT2D eigenvalue weighted by Crippen LogP contribution is -2.48. The maximum absolute atomic E-state index is 13.8. The maximum atomic E-state index is 13.8. The largest absolute Gasteiger partial charge is 0.352 e. The van der Waals surface area contributed by atoms with Gasteiger partial charge in [-0.05, 0) is 30.4 Å². The zero-order valence-electron chi connectivity index (χ0n) is 15.4. The summed E-state index contributed by atoms with van der Waals surface area (Å²) in [6.45, 7) is 0.957. The second kappa shape index (κ2) is 7.72. The van der Waals surface area contributed by atoms with Crippen LogP contribution in [0.1, 0.15) is 25.7 Å². The fourth-order valence-electron chi connectivity index (χ4n) is 4.30. The van der Waals surface area contributed by atoms with Crippen molar-refractivity contribution in [3.63, 3.8) is 0 Å². The Hall–Kier alpha value is -1.35. The third kappa shape index (κ3) is 4.13. The molecule has 2 aliphatic rings. The number of nitrogens with one attached hydrogen (secondary N) is 1. The molecule has 10 heteroatoms. The number of rotatable bonds is 3. The predicted octanol–water partition coefficient (Wildman–Crippen LogP) is 4.57. The van der Waals surface area contributed by atoms with Crippen LogP contribution < -0.4 is 16.2 Å². The van der Waals surface area contributed by atoms with Gasteiger partial charge < -0.3 is 15.6 Å². The molecule has 2 heterocycles. The third-order valence-corrected chi connectivity index (χ3v) is 7.77. The van der Waals surface area contributed by atoms with E-state index in [4.69, 9.17) is 28.9 Å². The summed E-state index contributed by atoms with van der Waals surface area (Å²) in [5.74, 6) is -2.41. The standard InChI is InChI=1S/C19H20Cl2F2N4OS/c20-11-2-1-3-12(15(11)21)29-14-9-25-16(17(28)26-14)27-6-4-18(5-7-27)10-19(22,23)8-13(18)24/h1-3,9,13H,4-8,10,24H2,(H,26,28)/t13-/m1/s1. The summed E-state index contributed by atoms with van der Waals surface area (Å²) in [5.41, 5.74) is 5.17. The molecular weight excluding hydrogens is 441 g/mol. The molecule has 0 amide bonds. The number of benzene rings is 1. The number of aromatic nitrogens is 2. The Morgan fingerprint density at radius 2 is 2.00 bits per heavy atom. The lowest BCUT2D eigenvalue weighted by Gasteiger charge is -2.41. The Morgan fingerprint density at radius 3 is 2.62 bits per heavy atom. The predicted molar refractivity (Wildman–Crippen MR) is 111 cm³/mol. The van der Waals surface area contributed by atoms with Crippen molar-refractivity contribution >= 4 is 40.8 Å². The van der Waals surface area contributed by atoms with Gasteiger partial charge in [0.05, 0.1) is 21.3 Å². The molecule has 1 aromatic heterocycles. The van der Waals surface area contributed by atoms with Crippen molar-refractivity contribution in [1.82, 2.24) is 9.97 Å². The Kier molecular flexibility index (Phi) is 5.57. The van der Waals surface area contributed by atoms with Crippen LogP contribution in [0, 0.1) is 5.41 Å². The number of alkyl halides is 2. The van der Waals surface area contributed by atoms with Crippen LogP contribution in [0.4, 0.5) is 14.6 Å². The average molecular weight is 461 g/mol. The molecule has 1 aliphatic carbocycles. The third-order valence-electron chi connectivity index (χ3n) is 5.85. The quantitative estimate of drug-likeness (QED) is 0.701. The van der Waals surface area contributed by atoms with Gasteiger partial charge in [-0.15, -0.1) is 0 Å². The van der Waals surface area contributed by atoms with E-state index in [-0.39, 0.29) is 18.4 Å². The molecule has 0 unspecified atom stereocenters. The van der Waals surface area contributed by atoms with Crippen LogP contribution >= 0.6 is 35.0 Å². The molecule has 0 bridgehead atoms. The van der Waals surface area contributed by atoms with E-state index in [9.17, 15) is 13.6 Å². The molecule has 156 valence electrons. The molecule has 1 aliphatic heterocycles.